The fraction of sp³-hybridized carbons (Fsp3) is 0.500. The van der Waals surface area contributed by atoms with E-state index in [0.29, 0.717) is 16.9 Å². The van der Waals surface area contributed by atoms with Crippen molar-refractivity contribution in [1.82, 2.24) is 0 Å². The van der Waals surface area contributed by atoms with Crippen molar-refractivity contribution in [2.24, 2.45) is 5.14 Å². The molecule has 0 aliphatic rings. The Hall–Kier alpha value is -1.28. The van der Waals surface area contributed by atoms with Crippen molar-refractivity contribution < 1.29 is 26.3 Å². The zero-order valence-electron chi connectivity index (χ0n) is 11.1. The van der Waals surface area contributed by atoms with Gasteiger partial charge in [0.25, 0.3) is 0 Å². The number of alkyl halides is 3. The molecule has 0 unspecified atom stereocenters. The van der Waals surface area contributed by atoms with E-state index in [2.05, 4.69) is 0 Å². The number of benzene rings is 1. The molecule has 114 valence electrons. The highest BCUT2D eigenvalue weighted by atomic mass is 32.2. The van der Waals surface area contributed by atoms with Crippen LogP contribution in [0.2, 0.25) is 0 Å². The van der Waals surface area contributed by atoms with Crippen LogP contribution in [0.3, 0.4) is 0 Å². The lowest BCUT2D eigenvalue weighted by Gasteiger charge is -2.12. The lowest BCUT2D eigenvalue weighted by atomic mass is 10.1. The van der Waals surface area contributed by atoms with Crippen molar-refractivity contribution in [3.63, 3.8) is 0 Å². The predicted molar refractivity (Wildman–Crippen MR) is 68.1 cm³/mol. The first kappa shape index (κ1) is 16.8. The molecule has 0 bridgehead atoms. The van der Waals surface area contributed by atoms with Crippen LogP contribution in [0, 0.1) is 13.8 Å². The normalized spacial score (nSPS) is 12.5. The van der Waals surface area contributed by atoms with Gasteiger partial charge in [-0.15, -0.1) is 0 Å². The van der Waals surface area contributed by atoms with Crippen LogP contribution in [0.1, 0.15) is 24.0 Å². The van der Waals surface area contributed by atoms with Gasteiger partial charge in [0.2, 0.25) is 10.0 Å². The first-order chi connectivity index (χ1) is 9.00. The zero-order valence-corrected chi connectivity index (χ0v) is 11.9. The lowest BCUT2D eigenvalue weighted by molar-refractivity contribution is -0.136. The second kappa shape index (κ2) is 6.01. The second-order valence-corrected chi connectivity index (χ2v) is 6.00. The molecule has 1 aromatic rings. The van der Waals surface area contributed by atoms with Crippen molar-refractivity contribution in [3.05, 3.63) is 23.3 Å². The van der Waals surface area contributed by atoms with Crippen molar-refractivity contribution in [1.29, 1.82) is 0 Å². The molecule has 0 spiro atoms. The summed E-state index contributed by atoms with van der Waals surface area (Å²) in [4.78, 5) is 0.0140. The summed E-state index contributed by atoms with van der Waals surface area (Å²) in [7, 11) is -3.83. The Bertz CT molecular complexity index is 559. The Morgan fingerprint density at radius 3 is 2.10 bits per heavy atom. The Labute approximate surface area is 115 Å². The molecular weight excluding hydrogens is 295 g/mol. The van der Waals surface area contributed by atoms with Gasteiger partial charge < -0.3 is 4.74 Å². The Balaban J connectivity index is 2.76. The van der Waals surface area contributed by atoms with Gasteiger partial charge in [0.1, 0.15) is 5.75 Å². The summed E-state index contributed by atoms with van der Waals surface area (Å²) in [6.45, 7) is 3.01. The molecule has 0 aromatic heterocycles. The average molecular weight is 311 g/mol. The fourth-order valence-electron chi connectivity index (χ4n) is 1.91. The summed E-state index contributed by atoms with van der Waals surface area (Å²) >= 11 is 0. The maximum absolute atomic E-state index is 12.0. The highest BCUT2D eigenvalue weighted by Gasteiger charge is 2.26. The SMILES string of the molecule is Cc1cc(OCCCC(F)(F)F)cc(C)c1S(N)(=O)=O. The molecule has 0 heterocycles. The van der Waals surface area contributed by atoms with Gasteiger partial charge >= 0.3 is 6.18 Å². The molecule has 0 saturated heterocycles. The minimum absolute atomic E-state index is 0.0140. The molecule has 0 aliphatic carbocycles. The number of ether oxygens (including phenoxy) is 1. The zero-order chi connectivity index (χ0) is 15.6. The minimum atomic E-state index is -4.20. The van der Waals surface area contributed by atoms with E-state index >= 15 is 0 Å². The molecule has 1 rings (SSSR count). The van der Waals surface area contributed by atoms with E-state index < -0.39 is 22.6 Å². The maximum atomic E-state index is 12.0. The molecule has 8 heteroatoms. The molecular formula is C12H16F3NO3S. The van der Waals surface area contributed by atoms with Crippen LogP contribution in [0.25, 0.3) is 0 Å². The Morgan fingerprint density at radius 2 is 1.70 bits per heavy atom. The van der Waals surface area contributed by atoms with Crippen molar-refractivity contribution in [2.45, 2.75) is 37.8 Å². The van der Waals surface area contributed by atoms with Crippen LogP contribution in [-0.2, 0) is 10.0 Å². The van der Waals surface area contributed by atoms with E-state index in [1.165, 1.54) is 12.1 Å². The molecule has 0 amide bonds. The van der Waals surface area contributed by atoms with Gasteiger partial charge in [0.15, 0.2) is 0 Å². The van der Waals surface area contributed by atoms with Gasteiger partial charge in [-0.1, -0.05) is 0 Å². The number of nitrogens with two attached hydrogens (primary N) is 1. The quantitative estimate of drug-likeness (QED) is 0.850. The summed E-state index contributed by atoms with van der Waals surface area (Å²) in [5.74, 6) is 0.328. The first-order valence-electron chi connectivity index (χ1n) is 5.84. The third-order valence-corrected chi connectivity index (χ3v) is 3.80. The predicted octanol–water partition coefficient (Wildman–Crippen LogP) is 2.67. The van der Waals surface area contributed by atoms with Crippen molar-refractivity contribution in [2.75, 3.05) is 6.61 Å². The summed E-state index contributed by atoms with van der Waals surface area (Å²) < 4.78 is 63.8. The number of sulfonamides is 1. The topological polar surface area (TPSA) is 69.4 Å². The summed E-state index contributed by atoms with van der Waals surface area (Å²) in [5.41, 5.74) is 0.802. The van der Waals surface area contributed by atoms with Crippen LogP contribution < -0.4 is 9.88 Å². The van der Waals surface area contributed by atoms with Crippen LogP contribution >= 0.6 is 0 Å². The number of aryl methyl sites for hydroxylation is 2. The molecule has 2 N–H and O–H groups in total. The van der Waals surface area contributed by atoms with Crippen LogP contribution in [0.4, 0.5) is 13.2 Å². The maximum Gasteiger partial charge on any atom is 0.389 e. The van der Waals surface area contributed by atoms with E-state index in [1.807, 2.05) is 0 Å². The lowest BCUT2D eigenvalue weighted by Crippen LogP contribution is -2.15. The largest absolute Gasteiger partial charge is 0.494 e. The summed E-state index contributed by atoms with van der Waals surface area (Å²) in [5, 5.41) is 5.08. The molecule has 1 aromatic carbocycles. The first-order valence-corrected chi connectivity index (χ1v) is 7.39. The minimum Gasteiger partial charge on any atom is -0.494 e. The molecule has 4 nitrogen and oxygen atoms in total. The summed E-state index contributed by atoms with van der Waals surface area (Å²) in [6.07, 6.45) is -5.27. The smallest absolute Gasteiger partial charge is 0.389 e. The molecule has 0 fully saturated rings. The average Bonchev–Trinajstić information content (AvgIpc) is 2.20. The van der Waals surface area contributed by atoms with E-state index in [0.717, 1.165) is 0 Å². The van der Waals surface area contributed by atoms with Crippen LogP contribution in [0.5, 0.6) is 5.75 Å². The van der Waals surface area contributed by atoms with E-state index in [-0.39, 0.29) is 17.9 Å². The number of hydrogen-bond donors (Lipinski definition) is 1. The van der Waals surface area contributed by atoms with Crippen molar-refractivity contribution >= 4 is 10.0 Å². The number of hydrogen-bond acceptors (Lipinski definition) is 3. The number of primary sulfonamides is 1. The van der Waals surface area contributed by atoms with Gasteiger partial charge in [0.05, 0.1) is 11.5 Å². The number of halogens is 3. The third kappa shape index (κ3) is 5.01. The molecule has 20 heavy (non-hydrogen) atoms. The second-order valence-electron chi connectivity index (χ2n) is 4.50. The number of rotatable bonds is 5. The van der Waals surface area contributed by atoms with E-state index in [4.69, 9.17) is 9.88 Å². The van der Waals surface area contributed by atoms with Crippen LogP contribution in [0.15, 0.2) is 17.0 Å². The molecule has 0 saturated carbocycles. The molecule has 0 radical (unpaired) electrons. The fourth-order valence-corrected chi connectivity index (χ4v) is 2.92. The molecule has 0 atom stereocenters. The standard InChI is InChI=1S/C12H16F3NO3S/c1-8-6-10(19-5-3-4-12(13,14)15)7-9(2)11(8)20(16,17)18/h6-7H,3-5H2,1-2H3,(H2,16,17,18). The monoisotopic (exact) mass is 311 g/mol. The van der Waals surface area contributed by atoms with Gasteiger partial charge in [0, 0.05) is 6.42 Å². The van der Waals surface area contributed by atoms with Crippen molar-refractivity contribution in [3.8, 4) is 5.75 Å². The highest BCUT2D eigenvalue weighted by molar-refractivity contribution is 7.89. The van der Waals surface area contributed by atoms with Gasteiger partial charge in [-0.3, -0.25) is 0 Å². The van der Waals surface area contributed by atoms with Gasteiger partial charge in [-0.25, -0.2) is 13.6 Å². The Morgan fingerprint density at radius 1 is 1.20 bits per heavy atom. The Kier molecular flexibility index (Phi) is 5.04. The summed E-state index contributed by atoms with van der Waals surface area (Å²) in [6, 6.07) is 2.89. The van der Waals surface area contributed by atoms with E-state index in [1.54, 1.807) is 13.8 Å². The highest BCUT2D eigenvalue weighted by Crippen LogP contribution is 2.26. The van der Waals surface area contributed by atoms with Gasteiger partial charge in [-0.05, 0) is 43.5 Å². The van der Waals surface area contributed by atoms with Crippen LogP contribution in [-0.4, -0.2) is 21.2 Å². The van der Waals surface area contributed by atoms with Gasteiger partial charge in [-0.2, -0.15) is 13.2 Å². The third-order valence-electron chi connectivity index (χ3n) is 2.59. The molecule has 0 aliphatic heterocycles. The van der Waals surface area contributed by atoms with E-state index in [9.17, 15) is 21.6 Å².